The molecule has 0 atom stereocenters. The monoisotopic (exact) mass is 248 g/mol. The van der Waals surface area contributed by atoms with Gasteiger partial charge >= 0.3 is 6.09 Å². The summed E-state index contributed by atoms with van der Waals surface area (Å²) in [6.45, 7) is 8.32. The van der Waals surface area contributed by atoms with Crippen LogP contribution < -0.4 is 5.32 Å². The van der Waals surface area contributed by atoms with E-state index in [-0.39, 0.29) is 4.75 Å². The molecule has 0 rings (SSSR count). The summed E-state index contributed by atoms with van der Waals surface area (Å²) in [5, 5.41) is 5.81. The average Bonchev–Trinajstić information content (AvgIpc) is 2.29. The fourth-order valence-corrected chi connectivity index (χ4v) is 0.448. The molecule has 0 aliphatic carbocycles. The van der Waals surface area contributed by atoms with Gasteiger partial charge in [-0.05, 0) is 20.1 Å². The summed E-state index contributed by atoms with van der Waals surface area (Å²) in [4.78, 5) is 15.0. The van der Waals surface area contributed by atoms with Crippen molar-refractivity contribution >= 4 is 24.1 Å². The summed E-state index contributed by atoms with van der Waals surface area (Å²) in [5.74, 6) is 0. The largest absolute Gasteiger partial charge is 0.433 e. The molecule has 1 N–H and O–H groups in total. The summed E-state index contributed by atoms with van der Waals surface area (Å²) in [7, 11) is 1.48. The van der Waals surface area contributed by atoms with Crippen LogP contribution in [0.1, 0.15) is 40.5 Å². The van der Waals surface area contributed by atoms with Gasteiger partial charge in [0.25, 0.3) is 0 Å². The molecular formula is C11H24N2O2S. The SMILES string of the molecule is CCCC.CNC(=O)O/N=C/C(C)(C)SC. The van der Waals surface area contributed by atoms with Crippen molar-refractivity contribution in [3.63, 3.8) is 0 Å². The van der Waals surface area contributed by atoms with Crippen molar-refractivity contribution in [2.75, 3.05) is 13.3 Å². The summed E-state index contributed by atoms with van der Waals surface area (Å²) < 4.78 is -0.103. The topological polar surface area (TPSA) is 50.7 Å². The van der Waals surface area contributed by atoms with E-state index in [1.165, 1.54) is 19.9 Å². The van der Waals surface area contributed by atoms with Crippen molar-refractivity contribution in [3.05, 3.63) is 0 Å². The van der Waals surface area contributed by atoms with E-state index < -0.39 is 6.09 Å². The van der Waals surface area contributed by atoms with Crippen molar-refractivity contribution in [1.29, 1.82) is 0 Å². The quantitative estimate of drug-likeness (QED) is 0.472. The molecule has 96 valence electrons. The smallest absolute Gasteiger partial charge is 0.323 e. The van der Waals surface area contributed by atoms with Crippen LogP contribution in [0.4, 0.5) is 4.79 Å². The minimum Gasteiger partial charge on any atom is -0.323 e. The van der Waals surface area contributed by atoms with E-state index in [0.29, 0.717) is 0 Å². The molecule has 16 heavy (non-hydrogen) atoms. The van der Waals surface area contributed by atoms with Crippen LogP contribution in [0.15, 0.2) is 5.16 Å². The van der Waals surface area contributed by atoms with Crippen LogP contribution in [0.25, 0.3) is 0 Å². The first-order chi connectivity index (χ1) is 7.43. The maximum Gasteiger partial charge on any atom is 0.433 e. The number of rotatable bonds is 4. The van der Waals surface area contributed by atoms with Crippen molar-refractivity contribution < 1.29 is 9.63 Å². The molecule has 4 nitrogen and oxygen atoms in total. The van der Waals surface area contributed by atoms with Gasteiger partial charge in [0.15, 0.2) is 0 Å². The Bertz CT molecular complexity index is 204. The fraction of sp³-hybridized carbons (Fsp3) is 0.818. The van der Waals surface area contributed by atoms with Gasteiger partial charge in [-0.2, -0.15) is 11.8 Å². The maximum atomic E-state index is 10.5. The molecule has 5 heteroatoms. The van der Waals surface area contributed by atoms with E-state index in [0.717, 1.165) is 0 Å². The van der Waals surface area contributed by atoms with Crippen molar-refractivity contribution in [2.24, 2.45) is 5.16 Å². The highest BCUT2D eigenvalue weighted by molar-refractivity contribution is 8.00. The Balaban J connectivity index is 0. The number of hydrogen-bond acceptors (Lipinski definition) is 4. The van der Waals surface area contributed by atoms with Crippen LogP contribution in [-0.4, -0.2) is 30.4 Å². The Kier molecular flexibility index (Phi) is 11.9. The van der Waals surface area contributed by atoms with E-state index in [2.05, 4.69) is 29.2 Å². The number of oxime groups is 1. The number of nitrogens with zero attached hydrogens (tertiary/aromatic N) is 1. The van der Waals surface area contributed by atoms with Crippen molar-refractivity contribution in [2.45, 2.75) is 45.3 Å². The first kappa shape index (κ1) is 17.7. The standard InChI is InChI=1S/C7H14N2O2S.C4H10/c1-7(2,12-4)5-9-11-6(10)8-3;1-3-4-2/h5H,1-4H3,(H,8,10);3-4H2,1-2H3/b9-5+;. The number of unbranched alkanes of at least 4 members (excludes halogenated alkanes) is 1. The third-order valence-corrected chi connectivity index (χ3v) is 2.89. The summed E-state index contributed by atoms with van der Waals surface area (Å²) in [6, 6.07) is 0. The normalized spacial score (nSPS) is 10.6. The van der Waals surface area contributed by atoms with Crippen LogP contribution in [0.5, 0.6) is 0 Å². The molecule has 0 spiro atoms. The second kappa shape index (κ2) is 10.8. The predicted molar refractivity (Wildman–Crippen MR) is 72.2 cm³/mol. The number of amides is 1. The Morgan fingerprint density at radius 1 is 1.44 bits per heavy atom. The number of carbonyl (C=O) groups is 1. The number of nitrogens with one attached hydrogen (secondary N) is 1. The number of carbonyl (C=O) groups excluding carboxylic acids is 1. The van der Waals surface area contributed by atoms with Gasteiger partial charge in [0, 0.05) is 11.8 Å². The lowest BCUT2D eigenvalue weighted by molar-refractivity contribution is 0.153. The van der Waals surface area contributed by atoms with Gasteiger partial charge in [0.05, 0.1) is 6.21 Å². The molecule has 0 fully saturated rings. The maximum absolute atomic E-state index is 10.5. The first-order valence-electron chi connectivity index (χ1n) is 5.41. The average molecular weight is 248 g/mol. The molecule has 0 heterocycles. The molecule has 0 bridgehead atoms. The zero-order valence-electron chi connectivity index (χ0n) is 11.2. The zero-order valence-corrected chi connectivity index (χ0v) is 12.0. The van der Waals surface area contributed by atoms with Crippen LogP contribution in [0.2, 0.25) is 0 Å². The predicted octanol–water partition coefficient (Wildman–Crippen LogP) is 3.28. The first-order valence-corrected chi connectivity index (χ1v) is 6.64. The van der Waals surface area contributed by atoms with Crippen LogP contribution in [0.3, 0.4) is 0 Å². The molecule has 0 unspecified atom stereocenters. The van der Waals surface area contributed by atoms with Crippen LogP contribution in [-0.2, 0) is 4.84 Å². The second-order valence-corrected chi connectivity index (χ2v) is 5.13. The Labute approximate surface area is 103 Å². The summed E-state index contributed by atoms with van der Waals surface area (Å²) in [6.07, 6.45) is 5.64. The molecular weight excluding hydrogens is 224 g/mol. The lowest BCUT2D eigenvalue weighted by Gasteiger charge is -2.13. The highest BCUT2D eigenvalue weighted by atomic mass is 32.2. The molecule has 0 saturated heterocycles. The lowest BCUT2D eigenvalue weighted by atomic mass is 10.2. The van der Waals surface area contributed by atoms with Gasteiger partial charge in [-0.3, -0.25) is 4.84 Å². The number of thioether (sulfide) groups is 1. The summed E-state index contributed by atoms with van der Waals surface area (Å²) >= 11 is 1.63. The van der Waals surface area contributed by atoms with Gasteiger partial charge < -0.3 is 5.32 Å². The minimum absolute atomic E-state index is 0.103. The molecule has 0 radical (unpaired) electrons. The van der Waals surface area contributed by atoms with Gasteiger partial charge in [-0.25, -0.2) is 4.79 Å². The van der Waals surface area contributed by atoms with Crippen molar-refractivity contribution in [1.82, 2.24) is 5.32 Å². The zero-order chi connectivity index (χ0) is 13.0. The molecule has 0 aliphatic rings. The molecule has 1 amide bonds. The van der Waals surface area contributed by atoms with Gasteiger partial charge in [-0.1, -0.05) is 31.8 Å². The highest BCUT2D eigenvalue weighted by Crippen LogP contribution is 2.17. The van der Waals surface area contributed by atoms with E-state index in [9.17, 15) is 4.79 Å². The summed E-state index contributed by atoms with van der Waals surface area (Å²) in [5.41, 5.74) is 0. The Hall–Kier alpha value is -0.710. The molecule has 0 aliphatic heterocycles. The minimum atomic E-state index is -0.553. The number of hydrogen-bond donors (Lipinski definition) is 1. The molecule has 0 aromatic carbocycles. The van der Waals surface area contributed by atoms with Gasteiger partial charge in [0.1, 0.15) is 0 Å². The highest BCUT2D eigenvalue weighted by Gasteiger charge is 2.12. The Morgan fingerprint density at radius 2 is 1.94 bits per heavy atom. The fourth-order valence-electron chi connectivity index (χ4n) is 0.299. The second-order valence-electron chi connectivity index (χ2n) is 3.67. The lowest BCUT2D eigenvalue weighted by Crippen LogP contribution is -2.19. The molecule has 0 aromatic rings. The van der Waals surface area contributed by atoms with Crippen molar-refractivity contribution in [3.8, 4) is 0 Å². The molecule has 0 saturated carbocycles. The van der Waals surface area contributed by atoms with Gasteiger partial charge in [-0.15, -0.1) is 0 Å². The Morgan fingerprint density at radius 3 is 2.25 bits per heavy atom. The van der Waals surface area contributed by atoms with E-state index in [1.807, 2.05) is 20.1 Å². The van der Waals surface area contributed by atoms with Crippen LogP contribution >= 0.6 is 11.8 Å². The van der Waals surface area contributed by atoms with Crippen LogP contribution in [0, 0.1) is 0 Å². The van der Waals surface area contributed by atoms with Gasteiger partial charge in [0.2, 0.25) is 0 Å². The van der Waals surface area contributed by atoms with E-state index in [4.69, 9.17) is 0 Å². The van der Waals surface area contributed by atoms with E-state index >= 15 is 0 Å². The third kappa shape index (κ3) is 13.3. The third-order valence-electron chi connectivity index (χ3n) is 1.73. The molecule has 0 aromatic heterocycles. The van der Waals surface area contributed by atoms with E-state index in [1.54, 1.807) is 18.0 Å².